The number of aromatic nitrogens is 4. The van der Waals surface area contributed by atoms with Gasteiger partial charge in [-0.15, -0.1) is 5.10 Å². The van der Waals surface area contributed by atoms with E-state index in [9.17, 15) is 9.18 Å². The smallest absolute Gasteiger partial charge is 0.225 e. The molecule has 0 saturated carbocycles. The first kappa shape index (κ1) is 15.4. The van der Waals surface area contributed by atoms with Crippen LogP contribution in [0.4, 0.5) is 10.1 Å². The van der Waals surface area contributed by atoms with E-state index < -0.39 is 0 Å². The first-order valence-corrected chi connectivity index (χ1v) is 7.51. The number of hydrogen-bond donors (Lipinski definition) is 1. The molecule has 1 N–H and O–H groups in total. The maximum absolute atomic E-state index is 13.0. The van der Waals surface area contributed by atoms with Gasteiger partial charge in [0.2, 0.25) is 11.1 Å². The minimum absolute atomic E-state index is 0.170. The molecule has 8 heteroatoms. The highest BCUT2D eigenvalue weighted by molar-refractivity contribution is 7.99. The third-order valence-electron chi connectivity index (χ3n) is 2.62. The monoisotopic (exact) mass is 309 g/mol. The number of amides is 1. The van der Waals surface area contributed by atoms with Crippen LogP contribution in [0, 0.1) is 5.82 Å². The molecule has 2 rings (SSSR count). The van der Waals surface area contributed by atoms with Crippen LogP contribution in [0.2, 0.25) is 0 Å². The molecule has 0 saturated heterocycles. The Hall–Kier alpha value is -1.96. The molecule has 1 aromatic heterocycles. The fourth-order valence-corrected chi connectivity index (χ4v) is 2.57. The summed E-state index contributed by atoms with van der Waals surface area (Å²) in [5.74, 6) is 0.00351. The number of anilines is 1. The predicted octanol–water partition coefficient (Wildman–Crippen LogP) is 2.51. The van der Waals surface area contributed by atoms with Crippen molar-refractivity contribution in [2.24, 2.45) is 0 Å². The number of carbonyl (C=O) groups excluding carboxylic acids is 1. The molecule has 0 fully saturated rings. The van der Waals surface area contributed by atoms with E-state index in [0.717, 1.165) is 0 Å². The molecular formula is C13H16FN5OS. The summed E-state index contributed by atoms with van der Waals surface area (Å²) in [6.07, 6.45) is 0.298. The summed E-state index contributed by atoms with van der Waals surface area (Å²) in [4.78, 5) is 11.8. The third kappa shape index (κ3) is 4.52. The maximum Gasteiger partial charge on any atom is 0.225 e. The van der Waals surface area contributed by atoms with Gasteiger partial charge in [0.15, 0.2) is 0 Å². The van der Waals surface area contributed by atoms with Crippen LogP contribution in [0.1, 0.15) is 26.3 Å². The number of carbonyl (C=O) groups is 1. The standard InChI is InChI=1S/C13H16FN5OS/c1-9(2)19-13(16-17-18-19)21-7-6-12(20)15-11-5-3-4-10(14)8-11/h3-5,8-9H,6-7H2,1-2H3,(H,15,20). The van der Waals surface area contributed by atoms with Gasteiger partial charge in [-0.05, 0) is 42.5 Å². The summed E-state index contributed by atoms with van der Waals surface area (Å²) in [7, 11) is 0. The van der Waals surface area contributed by atoms with Crippen molar-refractivity contribution in [2.75, 3.05) is 11.1 Å². The number of nitrogens with one attached hydrogen (secondary N) is 1. The zero-order valence-electron chi connectivity index (χ0n) is 11.8. The third-order valence-corrected chi connectivity index (χ3v) is 3.56. The second-order valence-corrected chi connectivity index (χ2v) is 5.72. The minimum Gasteiger partial charge on any atom is -0.326 e. The Morgan fingerprint density at radius 3 is 3.00 bits per heavy atom. The maximum atomic E-state index is 13.0. The van der Waals surface area contributed by atoms with Crippen molar-refractivity contribution in [3.05, 3.63) is 30.1 Å². The highest BCUT2D eigenvalue weighted by atomic mass is 32.2. The zero-order valence-corrected chi connectivity index (χ0v) is 12.6. The van der Waals surface area contributed by atoms with Crippen LogP contribution in [-0.4, -0.2) is 31.9 Å². The summed E-state index contributed by atoms with van der Waals surface area (Å²) in [5, 5.41) is 14.7. The first-order chi connectivity index (χ1) is 10.1. The normalized spacial score (nSPS) is 10.9. The number of benzene rings is 1. The molecule has 112 valence electrons. The SMILES string of the molecule is CC(C)n1nnnc1SCCC(=O)Nc1cccc(F)c1. The lowest BCUT2D eigenvalue weighted by Crippen LogP contribution is -2.12. The van der Waals surface area contributed by atoms with Crippen LogP contribution < -0.4 is 5.32 Å². The van der Waals surface area contributed by atoms with E-state index in [0.29, 0.717) is 23.0 Å². The number of hydrogen-bond acceptors (Lipinski definition) is 5. The fraction of sp³-hybridized carbons (Fsp3) is 0.385. The number of nitrogens with zero attached hydrogens (tertiary/aromatic N) is 4. The Morgan fingerprint density at radius 2 is 2.29 bits per heavy atom. The summed E-state index contributed by atoms with van der Waals surface area (Å²) in [6, 6.07) is 5.98. The van der Waals surface area contributed by atoms with Gasteiger partial charge in [-0.25, -0.2) is 9.07 Å². The molecule has 21 heavy (non-hydrogen) atoms. The van der Waals surface area contributed by atoms with Gasteiger partial charge in [0.1, 0.15) is 5.82 Å². The summed E-state index contributed by atoms with van der Waals surface area (Å²) >= 11 is 1.42. The molecule has 1 aromatic carbocycles. The number of tetrazole rings is 1. The largest absolute Gasteiger partial charge is 0.326 e. The molecule has 0 aliphatic rings. The number of thioether (sulfide) groups is 1. The molecule has 0 aliphatic carbocycles. The Labute approximate surface area is 126 Å². The van der Waals surface area contributed by atoms with Gasteiger partial charge in [-0.2, -0.15) is 0 Å². The van der Waals surface area contributed by atoms with Gasteiger partial charge in [0, 0.05) is 17.9 Å². The second-order valence-electron chi connectivity index (χ2n) is 4.66. The van der Waals surface area contributed by atoms with Crippen molar-refractivity contribution in [3.8, 4) is 0 Å². The van der Waals surface area contributed by atoms with E-state index in [4.69, 9.17) is 0 Å². The summed E-state index contributed by atoms with van der Waals surface area (Å²) in [6.45, 7) is 3.97. The van der Waals surface area contributed by atoms with E-state index in [-0.39, 0.29) is 17.8 Å². The Morgan fingerprint density at radius 1 is 1.48 bits per heavy atom. The van der Waals surface area contributed by atoms with Crippen molar-refractivity contribution in [2.45, 2.75) is 31.5 Å². The van der Waals surface area contributed by atoms with Gasteiger partial charge >= 0.3 is 0 Å². The molecule has 0 bridgehead atoms. The topological polar surface area (TPSA) is 72.7 Å². The average molecular weight is 309 g/mol. The number of halogens is 1. The Balaban J connectivity index is 1.80. The molecule has 1 heterocycles. The predicted molar refractivity (Wildman–Crippen MR) is 78.6 cm³/mol. The van der Waals surface area contributed by atoms with Crippen LogP contribution in [0.5, 0.6) is 0 Å². The van der Waals surface area contributed by atoms with E-state index in [1.165, 1.54) is 23.9 Å². The molecule has 0 spiro atoms. The highest BCUT2D eigenvalue weighted by Gasteiger charge is 2.10. The quantitative estimate of drug-likeness (QED) is 0.830. The van der Waals surface area contributed by atoms with Crippen molar-refractivity contribution in [1.29, 1.82) is 0 Å². The van der Waals surface area contributed by atoms with Gasteiger partial charge in [0.25, 0.3) is 0 Å². The lowest BCUT2D eigenvalue weighted by atomic mass is 10.3. The first-order valence-electron chi connectivity index (χ1n) is 6.52. The van der Waals surface area contributed by atoms with Crippen LogP contribution in [-0.2, 0) is 4.79 Å². The van der Waals surface area contributed by atoms with E-state index >= 15 is 0 Å². The van der Waals surface area contributed by atoms with Crippen LogP contribution in [0.15, 0.2) is 29.4 Å². The Bertz CT molecular complexity index is 616. The van der Waals surface area contributed by atoms with Crippen molar-refractivity contribution >= 4 is 23.4 Å². The van der Waals surface area contributed by atoms with Crippen LogP contribution in [0.25, 0.3) is 0 Å². The second kappa shape index (κ2) is 7.16. The average Bonchev–Trinajstić information content (AvgIpc) is 2.87. The molecule has 6 nitrogen and oxygen atoms in total. The minimum atomic E-state index is -0.377. The highest BCUT2D eigenvalue weighted by Crippen LogP contribution is 2.18. The van der Waals surface area contributed by atoms with Gasteiger partial charge < -0.3 is 5.32 Å². The van der Waals surface area contributed by atoms with Gasteiger partial charge in [0.05, 0.1) is 6.04 Å². The van der Waals surface area contributed by atoms with E-state index in [1.54, 1.807) is 16.8 Å². The fourth-order valence-electron chi connectivity index (χ4n) is 1.63. The molecule has 0 unspecified atom stereocenters. The van der Waals surface area contributed by atoms with Gasteiger partial charge in [-0.3, -0.25) is 4.79 Å². The number of rotatable bonds is 6. The van der Waals surface area contributed by atoms with Crippen molar-refractivity contribution in [1.82, 2.24) is 20.2 Å². The lowest BCUT2D eigenvalue weighted by Gasteiger charge is -2.07. The molecule has 0 radical (unpaired) electrons. The van der Waals surface area contributed by atoms with Crippen molar-refractivity contribution < 1.29 is 9.18 Å². The van der Waals surface area contributed by atoms with Crippen LogP contribution >= 0.6 is 11.8 Å². The van der Waals surface area contributed by atoms with E-state index in [1.807, 2.05) is 13.8 Å². The Kier molecular flexibility index (Phi) is 5.26. The summed E-state index contributed by atoms with van der Waals surface area (Å²) in [5.41, 5.74) is 0.456. The molecular weight excluding hydrogens is 293 g/mol. The van der Waals surface area contributed by atoms with Crippen molar-refractivity contribution in [3.63, 3.8) is 0 Å². The lowest BCUT2D eigenvalue weighted by molar-refractivity contribution is -0.115. The van der Waals surface area contributed by atoms with Crippen LogP contribution in [0.3, 0.4) is 0 Å². The molecule has 0 atom stereocenters. The molecule has 1 amide bonds. The molecule has 0 aliphatic heterocycles. The van der Waals surface area contributed by atoms with Gasteiger partial charge in [-0.1, -0.05) is 17.8 Å². The molecule has 2 aromatic rings. The van der Waals surface area contributed by atoms with E-state index in [2.05, 4.69) is 20.8 Å². The summed E-state index contributed by atoms with van der Waals surface area (Å²) < 4.78 is 14.7. The zero-order chi connectivity index (χ0) is 15.2.